The molecule has 0 radical (unpaired) electrons. The minimum atomic E-state index is -3.21. The molecule has 10 heteroatoms. The lowest BCUT2D eigenvalue weighted by Gasteiger charge is -2.29. The van der Waals surface area contributed by atoms with Crippen molar-refractivity contribution in [1.29, 1.82) is 0 Å². The van der Waals surface area contributed by atoms with E-state index in [1.54, 1.807) is 4.52 Å². The summed E-state index contributed by atoms with van der Waals surface area (Å²) in [5, 5.41) is 14.5. The molecule has 0 saturated carbocycles. The smallest absolute Gasteiger partial charge is 0.213 e. The van der Waals surface area contributed by atoms with Crippen LogP contribution in [-0.2, 0) is 10.0 Å². The quantitative estimate of drug-likeness (QED) is 0.643. The van der Waals surface area contributed by atoms with Crippen LogP contribution in [0.4, 0.5) is 0 Å². The molecule has 7 nitrogen and oxygen atoms in total. The Morgan fingerprint density at radius 1 is 1.26 bits per heavy atom. The van der Waals surface area contributed by atoms with Gasteiger partial charge in [0.1, 0.15) is 5.01 Å². The van der Waals surface area contributed by atoms with Crippen molar-refractivity contribution < 1.29 is 8.42 Å². The highest BCUT2D eigenvalue weighted by atomic mass is 35.5. The summed E-state index contributed by atoms with van der Waals surface area (Å²) in [6.07, 6.45) is 6.73. The van der Waals surface area contributed by atoms with Crippen molar-refractivity contribution in [3.8, 4) is 0 Å². The molecule has 3 heterocycles. The monoisotopic (exact) mass is 423 g/mol. The number of nitrogens with zero attached hydrogens (tertiary/aromatic N) is 5. The lowest BCUT2D eigenvalue weighted by molar-refractivity contribution is 0.309. The van der Waals surface area contributed by atoms with Gasteiger partial charge in [-0.3, -0.25) is 0 Å². The van der Waals surface area contributed by atoms with E-state index in [2.05, 4.69) is 15.3 Å². The van der Waals surface area contributed by atoms with Crippen molar-refractivity contribution >= 4 is 50.1 Å². The molecule has 1 atom stereocenters. The molecule has 1 aliphatic rings. The largest absolute Gasteiger partial charge is 0.234 e. The second-order valence-corrected chi connectivity index (χ2v) is 9.89. The van der Waals surface area contributed by atoms with E-state index in [-0.39, 0.29) is 5.92 Å². The van der Waals surface area contributed by atoms with E-state index in [4.69, 9.17) is 11.6 Å². The summed E-state index contributed by atoms with van der Waals surface area (Å²) in [6.45, 7) is 0.974. The van der Waals surface area contributed by atoms with Crippen LogP contribution >= 0.6 is 22.9 Å². The highest BCUT2D eigenvalue weighted by molar-refractivity contribution is 7.88. The van der Waals surface area contributed by atoms with Crippen LogP contribution < -0.4 is 0 Å². The summed E-state index contributed by atoms with van der Waals surface area (Å²) >= 11 is 7.61. The highest BCUT2D eigenvalue weighted by Gasteiger charge is 2.30. The van der Waals surface area contributed by atoms with Crippen molar-refractivity contribution in [3.05, 3.63) is 45.7 Å². The van der Waals surface area contributed by atoms with Crippen molar-refractivity contribution in [3.63, 3.8) is 0 Å². The molecule has 0 aliphatic carbocycles. The number of aromatic nitrogens is 4. The van der Waals surface area contributed by atoms with E-state index >= 15 is 0 Å². The zero-order chi connectivity index (χ0) is 19.0. The van der Waals surface area contributed by atoms with Crippen LogP contribution in [0.1, 0.15) is 35.2 Å². The first-order chi connectivity index (χ1) is 12.9. The number of halogens is 1. The van der Waals surface area contributed by atoms with Crippen molar-refractivity contribution in [2.24, 2.45) is 0 Å². The van der Waals surface area contributed by atoms with Gasteiger partial charge < -0.3 is 0 Å². The first-order valence-corrected chi connectivity index (χ1v) is 11.6. The normalized spacial score (nSPS) is 19.3. The van der Waals surface area contributed by atoms with Gasteiger partial charge in [-0.25, -0.2) is 12.7 Å². The predicted molar refractivity (Wildman–Crippen MR) is 107 cm³/mol. The van der Waals surface area contributed by atoms with Crippen LogP contribution in [-0.4, -0.2) is 51.9 Å². The number of fused-ring (bicyclic) bond motifs is 1. The molecular formula is C17H18ClN5O2S2. The van der Waals surface area contributed by atoms with E-state index in [0.717, 1.165) is 23.4 Å². The Bertz CT molecular complexity index is 1110. The molecule has 0 amide bonds. The average molecular weight is 424 g/mol. The minimum Gasteiger partial charge on any atom is -0.213 e. The van der Waals surface area contributed by atoms with Gasteiger partial charge in [0.25, 0.3) is 0 Å². The fourth-order valence-corrected chi connectivity index (χ4v) is 5.05. The summed E-state index contributed by atoms with van der Waals surface area (Å²) in [6, 6.07) is 7.60. The summed E-state index contributed by atoms with van der Waals surface area (Å²) in [4.78, 5) is 0.695. The molecule has 1 aromatic carbocycles. The predicted octanol–water partition coefficient (Wildman–Crippen LogP) is 3.15. The molecule has 3 aromatic rings. The Labute approximate surface area is 166 Å². The molecule has 27 heavy (non-hydrogen) atoms. The average Bonchev–Trinajstić information content (AvgIpc) is 3.20. The van der Waals surface area contributed by atoms with Crippen LogP contribution in [0.5, 0.6) is 0 Å². The topological polar surface area (TPSA) is 80.5 Å². The first-order valence-electron chi connectivity index (χ1n) is 8.52. The van der Waals surface area contributed by atoms with E-state index in [1.165, 1.54) is 21.9 Å². The summed E-state index contributed by atoms with van der Waals surface area (Å²) in [7, 11) is -3.21. The van der Waals surface area contributed by atoms with E-state index in [1.807, 2.05) is 36.4 Å². The lowest BCUT2D eigenvalue weighted by Crippen LogP contribution is -2.38. The minimum absolute atomic E-state index is 0.00836. The second-order valence-electron chi connectivity index (χ2n) is 6.51. The fraction of sp³-hybridized carbons (Fsp3) is 0.353. The van der Waals surface area contributed by atoms with Gasteiger partial charge in [-0.1, -0.05) is 47.2 Å². The van der Waals surface area contributed by atoms with E-state index in [0.29, 0.717) is 28.9 Å². The zero-order valence-electron chi connectivity index (χ0n) is 14.6. The third-order valence-corrected chi connectivity index (χ3v) is 7.04. The number of hydrogen-bond acceptors (Lipinski definition) is 6. The molecule has 1 fully saturated rings. The van der Waals surface area contributed by atoms with Crippen molar-refractivity contribution in [2.75, 3.05) is 19.3 Å². The molecular weight excluding hydrogens is 406 g/mol. The van der Waals surface area contributed by atoms with Crippen LogP contribution in [0.3, 0.4) is 0 Å². The standard InChI is InChI=1S/C17H18ClN5O2S2/c1-27(24,25)22-10-4-6-13(11-22)16-19-20-17-23(16)21-15(26-17)9-8-12-5-2-3-7-14(12)18/h2-3,5,7-9,13H,4,6,10-11H2,1H3. The molecule has 1 unspecified atom stereocenters. The van der Waals surface area contributed by atoms with Crippen LogP contribution in [0.25, 0.3) is 17.1 Å². The first kappa shape index (κ1) is 18.5. The maximum Gasteiger partial charge on any atom is 0.234 e. The summed E-state index contributed by atoms with van der Waals surface area (Å²) in [5.41, 5.74) is 0.918. The Balaban J connectivity index is 1.60. The van der Waals surface area contributed by atoms with E-state index in [9.17, 15) is 8.42 Å². The number of hydrogen-bond donors (Lipinski definition) is 0. The molecule has 2 aromatic heterocycles. The SMILES string of the molecule is CS(=O)(=O)N1CCCC(c2nnc3sc(C=Cc4ccccc4Cl)nn23)C1. The Kier molecular flexibility index (Phi) is 5.02. The van der Waals surface area contributed by atoms with Crippen LogP contribution in [0.15, 0.2) is 24.3 Å². The lowest BCUT2D eigenvalue weighted by atomic mass is 9.99. The molecule has 1 aliphatic heterocycles. The molecule has 0 spiro atoms. The maximum absolute atomic E-state index is 11.9. The van der Waals surface area contributed by atoms with E-state index < -0.39 is 10.0 Å². The van der Waals surface area contributed by atoms with Gasteiger partial charge in [0.15, 0.2) is 5.82 Å². The van der Waals surface area contributed by atoms with Crippen molar-refractivity contribution in [2.45, 2.75) is 18.8 Å². The van der Waals surface area contributed by atoms with Gasteiger partial charge in [-0.15, -0.1) is 10.2 Å². The Morgan fingerprint density at radius 3 is 2.85 bits per heavy atom. The summed E-state index contributed by atoms with van der Waals surface area (Å²) < 4.78 is 27.0. The van der Waals surface area contributed by atoms with Gasteiger partial charge in [0.2, 0.25) is 15.0 Å². The van der Waals surface area contributed by atoms with Gasteiger partial charge in [-0.2, -0.15) is 9.61 Å². The van der Waals surface area contributed by atoms with Gasteiger partial charge in [0.05, 0.1) is 6.26 Å². The summed E-state index contributed by atoms with van der Waals surface area (Å²) in [5.74, 6) is 0.706. The van der Waals surface area contributed by atoms with Crippen molar-refractivity contribution in [1.82, 2.24) is 24.1 Å². The van der Waals surface area contributed by atoms with Gasteiger partial charge in [-0.05, 0) is 30.5 Å². The fourth-order valence-electron chi connectivity index (χ4n) is 3.19. The zero-order valence-corrected chi connectivity index (χ0v) is 17.0. The number of sulfonamides is 1. The molecule has 4 rings (SSSR count). The third-order valence-electron chi connectivity index (χ3n) is 4.56. The Hall–Kier alpha value is -1.81. The molecule has 0 N–H and O–H groups in total. The van der Waals surface area contributed by atoms with Gasteiger partial charge in [0, 0.05) is 24.0 Å². The molecule has 0 bridgehead atoms. The number of piperidine rings is 1. The third kappa shape index (κ3) is 3.91. The molecule has 142 valence electrons. The highest BCUT2D eigenvalue weighted by Crippen LogP contribution is 2.28. The maximum atomic E-state index is 11.9. The van der Waals surface area contributed by atoms with Crippen LogP contribution in [0, 0.1) is 0 Å². The van der Waals surface area contributed by atoms with Gasteiger partial charge >= 0.3 is 0 Å². The second kappa shape index (κ2) is 7.31. The van der Waals surface area contributed by atoms with Crippen LogP contribution in [0.2, 0.25) is 5.02 Å². The molecule has 1 saturated heterocycles. The number of rotatable bonds is 4. The Morgan fingerprint density at radius 2 is 2.07 bits per heavy atom. The number of benzene rings is 1.